The van der Waals surface area contributed by atoms with E-state index in [0.29, 0.717) is 0 Å². The maximum absolute atomic E-state index is 5.25. The molecule has 0 aliphatic carbocycles. The number of ether oxygens (including phenoxy) is 1. The summed E-state index contributed by atoms with van der Waals surface area (Å²) in [6, 6.07) is 18.9. The number of piperazine rings is 1. The fourth-order valence-corrected chi connectivity index (χ4v) is 3.45. The van der Waals surface area contributed by atoms with Crippen molar-refractivity contribution in [1.82, 2.24) is 14.9 Å². The maximum Gasteiger partial charge on any atom is 0.225 e. The van der Waals surface area contributed by atoms with Gasteiger partial charge >= 0.3 is 0 Å². The van der Waals surface area contributed by atoms with Gasteiger partial charge in [-0.2, -0.15) is 0 Å². The largest absolute Gasteiger partial charge is 0.497 e. The molecule has 4 rings (SSSR count). The van der Waals surface area contributed by atoms with Crippen molar-refractivity contribution < 1.29 is 4.74 Å². The van der Waals surface area contributed by atoms with Crippen LogP contribution in [-0.4, -0.2) is 48.2 Å². The smallest absolute Gasteiger partial charge is 0.225 e. The highest BCUT2D eigenvalue weighted by Crippen LogP contribution is 2.24. The molecule has 2 heterocycles. The Morgan fingerprint density at radius 2 is 1.52 bits per heavy atom. The predicted octanol–water partition coefficient (Wildman–Crippen LogP) is 4.32. The zero-order valence-electron chi connectivity index (χ0n) is 16.4. The second-order valence-corrected chi connectivity index (χ2v) is 6.74. The van der Waals surface area contributed by atoms with Crippen molar-refractivity contribution >= 4 is 30.8 Å². The van der Waals surface area contributed by atoms with E-state index in [4.69, 9.17) is 4.74 Å². The average Bonchev–Trinajstić information content (AvgIpc) is 2.75. The topological polar surface area (TPSA) is 41.5 Å². The minimum atomic E-state index is 0. The van der Waals surface area contributed by atoms with E-state index in [9.17, 15) is 0 Å². The predicted molar refractivity (Wildman–Crippen MR) is 122 cm³/mol. The van der Waals surface area contributed by atoms with E-state index in [1.807, 2.05) is 18.2 Å². The van der Waals surface area contributed by atoms with Gasteiger partial charge in [-0.3, -0.25) is 4.90 Å². The second-order valence-electron chi connectivity index (χ2n) is 6.74. The Labute approximate surface area is 184 Å². The normalized spacial score (nSPS) is 13.9. The summed E-state index contributed by atoms with van der Waals surface area (Å²) in [4.78, 5) is 13.5. The monoisotopic (exact) mass is 432 g/mol. The van der Waals surface area contributed by atoms with Crippen molar-refractivity contribution in [2.24, 2.45) is 0 Å². The van der Waals surface area contributed by atoms with E-state index in [-0.39, 0.29) is 24.8 Å². The van der Waals surface area contributed by atoms with Crippen LogP contribution in [0.4, 0.5) is 5.95 Å². The van der Waals surface area contributed by atoms with Gasteiger partial charge in [0.05, 0.1) is 7.11 Å². The van der Waals surface area contributed by atoms with Gasteiger partial charge in [0, 0.05) is 45.1 Å². The van der Waals surface area contributed by atoms with E-state index >= 15 is 0 Å². The number of methoxy groups -OCH3 is 1. The van der Waals surface area contributed by atoms with Gasteiger partial charge in [-0.25, -0.2) is 9.97 Å². The highest BCUT2D eigenvalue weighted by Gasteiger charge is 2.18. The van der Waals surface area contributed by atoms with Crippen molar-refractivity contribution in [3.63, 3.8) is 0 Å². The van der Waals surface area contributed by atoms with E-state index in [1.54, 1.807) is 19.5 Å². The van der Waals surface area contributed by atoms with Crippen LogP contribution in [0, 0.1) is 0 Å². The quantitative estimate of drug-likeness (QED) is 0.600. The molecule has 0 amide bonds. The summed E-state index contributed by atoms with van der Waals surface area (Å²) >= 11 is 0. The first-order valence-electron chi connectivity index (χ1n) is 9.29. The molecular formula is C22H26Cl2N4O. The summed E-state index contributed by atoms with van der Waals surface area (Å²) in [6.45, 7) is 4.92. The molecule has 0 unspecified atom stereocenters. The van der Waals surface area contributed by atoms with Gasteiger partial charge in [0.1, 0.15) is 5.75 Å². The fraction of sp³-hybridized carbons (Fsp3) is 0.273. The van der Waals surface area contributed by atoms with Gasteiger partial charge in [-0.1, -0.05) is 30.3 Å². The molecule has 154 valence electrons. The van der Waals surface area contributed by atoms with Crippen LogP contribution in [0.1, 0.15) is 5.56 Å². The van der Waals surface area contributed by atoms with E-state index in [1.165, 1.54) is 16.7 Å². The van der Waals surface area contributed by atoms with Crippen molar-refractivity contribution in [3.8, 4) is 16.9 Å². The molecule has 0 spiro atoms. The van der Waals surface area contributed by atoms with Crippen molar-refractivity contribution in [2.45, 2.75) is 6.54 Å². The first kappa shape index (κ1) is 22.9. The summed E-state index contributed by atoms with van der Waals surface area (Å²) in [5.74, 6) is 1.72. The number of benzene rings is 2. The Bertz CT molecular complexity index is 869. The minimum absolute atomic E-state index is 0. The number of anilines is 1. The van der Waals surface area contributed by atoms with E-state index in [0.717, 1.165) is 44.4 Å². The minimum Gasteiger partial charge on any atom is -0.497 e. The SMILES string of the molecule is COc1ccc(-c2cccc(CN3CCN(c4ncccn4)CC3)c2)cc1.Cl.Cl. The first-order valence-corrected chi connectivity index (χ1v) is 9.29. The molecule has 1 saturated heterocycles. The zero-order valence-corrected chi connectivity index (χ0v) is 18.0. The molecular weight excluding hydrogens is 407 g/mol. The third-order valence-electron chi connectivity index (χ3n) is 4.96. The molecule has 1 aromatic heterocycles. The highest BCUT2D eigenvalue weighted by atomic mass is 35.5. The van der Waals surface area contributed by atoms with Gasteiger partial charge in [0.15, 0.2) is 0 Å². The highest BCUT2D eigenvalue weighted by molar-refractivity contribution is 5.85. The number of aromatic nitrogens is 2. The average molecular weight is 433 g/mol. The summed E-state index contributed by atoms with van der Waals surface area (Å²) in [7, 11) is 1.69. The lowest BCUT2D eigenvalue weighted by Gasteiger charge is -2.34. The molecule has 0 radical (unpaired) electrons. The standard InChI is InChI=1S/C22H24N4O.2ClH/c1-27-21-8-6-19(7-9-21)20-5-2-4-18(16-20)17-25-12-14-26(15-13-25)22-23-10-3-11-24-22;;/h2-11,16H,12-15,17H2,1H3;2*1H. The molecule has 1 aliphatic heterocycles. The lowest BCUT2D eigenvalue weighted by atomic mass is 10.0. The Hall–Kier alpha value is -2.34. The molecule has 5 nitrogen and oxygen atoms in total. The Morgan fingerprint density at radius 3 is 2.17 bits per heavy atom. The van der Waals surface area contributed by atoms with Crippen molar-refractivity contribution in [3.05, 3.63) is 72.6 Å². The molecule has 0 N–H and O–H groups in total. The van der Waals surface area contributed by atoms with Crippen molar-refractivity contribution in [2.75, 3.05) is 38.2 Å². The molecule has 2 aromatic carbocycles. The van der Waals surface area contributed by atoms with Crippen LogP contribution < -0.4 is 9.64 Å². The second kappa shape index (κ2) is 11.0. The molecule has 3 aromatic rings. The van der Waals surface area contributed by atoms with Crippen LogP contribution in [0.5, 0.6) is 5.75 Å². The fourth-order valence-electron chi connectivity index (χ4n) is 3.45. The Kier molecular flexibility index (Phi) is 8.70. The van der Waals surface area contributed by atoms with E-state index in [2.05, 4.69) is 56.2 Å². The molecule has 29 heavy (non-hydrogen) atoms. The Balaban J connectivity index is 0.00000150. The van der Waals surface area contributed by atoms with Gasteiger partial charge in [-0.15, -0.1) is 24.8 Å². The molecule has 0 atom stereocenters. The summed E-state index contributed by atoms with van der Waals surface area (Å²) < 4.78 is 5.25. The lowest BCUT2D eigenvalue weighted by molar-refractivity contribution is 0.248. The van der Waals surface area contributed by atoms with Crippen LogP contribution >= 0.6 is 24.8 Å². The van der Waals surface area contributed by atoms with E-state index < -0.39 is 0 Å². The lowest BCUT2D eigenvalue weighted by Crippen LogP contribution is -2.46. The van der Waals surface area contributed by atoms with Gasteiger partial charge in [0.2, 0.25) is 5.95 Å². The summed E-state index contributed by atoms with van der Waals surface area (Å²) in [5, 5.41) is 0. The number of rotatable bonds is 5. The number of hydrogen-bond donors (Lipinski definition) is 0. The van der Waals surface area contributed by atoms with Crippen molar-refractivity contribution in [1.29, 1.82) is 0 Å². The van der Waals surface area contributed by atoms with Crippen LogP contribution in [0.2, 0.25) is 0 Å². The number of nitrogens with zero attached hydrogens (tertiary/aromatic N) is 4. The third kappa shape index (κ3) is 5.82. The van der Waals surface area contributed by atoms with Crippen LogP contribution in [0.3, 0.4) is 0 Å². The van der Waals surface area contributed by atoms with Crippen LogP contribution in [0.15, 0.2) is 67.0 Å². The third-order valence-corrected chi connectivity index (χ3v) is 4.96. The maximum atomic E-state index is 5.25. The summed E-state index contributed by atoms with van der Waals surface area (Å²) in [6.07, 6.45) is 3.61. The molecule has 7 heteroatoms. The van der Waals surface area contributed by atoms with Gasteiger partial charge < -0.3 is 9.64 Å². The molecule has 0 bridgehead atoms. The first-order chi connectivity index (χ1) is 13.3. The zero-order chi connectivity index (χ0) is 18.5. The van der Waals surface area contributed by atoms with Crippen LogP contribution in [0.25, 0.3) is 11.1 Å². The molecule has 1 fully saturated rings. The molecule has 0 saturated carbocycles. The molecule has 1 aliphatic rings. The Morgan fingerprint density at radius 1 is 0.828 bits per heavy atom. The number of hydrogen-bond acceptors (Lipinski definition) is 5. The number of halogens is 2. The van der Waals surface area contributed by atoms with Gasteiger partial charge in [-0.05, 0) is 41.0 Å². The van der Waals surface area contributed by atoms with Gasteiger partial charge in [0.25, 0.3) is 0 Å². The van der Waals surface area contributed by atoms with Crippen LogP contribution in [-0.2, 0) is 6.54 Å². The summed E-state index contributed by atoms with van der Waals surface area (Å²) in [5.41, 5.74) is 3.79.